The largest absolute Gasteiger partial charge is 0.349 e. The van der Waals surface area contributed by atoms with Crippen LogP contribution in [0.15, 0.2) is 11.4 Å². The molecule has 0 saturated heterocycles. The molecular weight excluding hydrogens is 320 g/mol. The Labute approximate surface area is 142 Å². The Kier molecular flexibility index (Phi) is 8.14. The molecule has 0 bridgehead atoms. The van der Waals surface area contributed by atoms with E-state index in [9.17, 15) is 4.79 Å². The lowest BCUT2D eigenvalue weighted by Crippen LogP contribution is -2.47. The number of halogens is 1. The number of hydrogen-bond donors (Lipinski definition) is 1. The summed E-state index contributed by atoms with van der Waals surface area (Å²) in [5.74, 6) is 0.198. The average Bonchev–Trinajstić information content (AvgIpc) is 2.51. The molecule has 0 spiro atoms. The second-order valence-electron chi connectivity index (χ2n) is 5.30. The molecule has 7 heteroatoms. The maximum absolute atomic E-state index is 12.3. The molecule has 1 rings (SSSR count). The van der Waals surface area contributed by atoms with Crippen molar-refractivity contribution in [3.05, 3.63) is 16.9 Å². The Bertz CT molecular complexity index is 494. The molecular formula is C15H25ClN4OS. The fourth-order valence-electron chi connectivity index (χ4n) is 2.37. The van der Waals surface area contributed by atoms with Crippen LogP contribution >= 0.6 is 23.4 Å². The predicted octanol–water partition coefficient (Wildman–Crippen LogP) is 2.95. The van der Waals surface area contributed by atoms with Crippen molar-refractivity contribution >= 4 is 29.3 Å². The summed E-state index contributed by atoms with van der Waals surface area (Å²) in [6.45, 7) is 11.1. The van der Waals surface area contributed by atoms with Crippen molar-refractivity contribution in [2.75, 3.05) is 25.9 Å². The van der Waals surface area contributed by atoms with Crippen LogP contribution in [0.4, 0.5) is 0 Å². The van der Waals surface area contributed by atoms with Crippen molar-refractivity contribution < 1.29 is 4.79 Å². The minimum Gasteiger partial charge on any atom is -0.349 e. The third-order valence-electron chi connectivity index (χ3n) is 3.64. The number of aromatic nitrogens is 2. The summed E-state index contributed by atoms with van der Waals surface area (Å²) in [5.41, 5.74) is 0.239. The second-order valence-corrected chi connectivity index (χ2v) is 6.48. The molecule has 1 aromatic heterocycles. The van der Waals surface area contributed by atoms with Gasteiger partial charge >= 0.3 is 0 Å². The number of nitrogens with zero attached hydrogens (tertiary/aromatic N) is 3. The number of amides is 1. The normalized spacial score (nSPS) is 12.7. The van der Waals surface area contributed by atoms with Gasteiger partial charge in [-0.1, -0.05) is 51.1 Å². The highest BCUT2D eigenvalue weighted by atomic mass is 35.5. The van der Waals surface area contributed by atoms with Crippen molar-refractivity contribution in [2.45, 2.75) is 38.9 Å². The van der Waals surface area contributed by atoms with Crippen LogP contribution in [0.2, 0.25) is 5.02 Å². The zero-order valence-corrected chi connectivity index (χ0v) is 15.5. The quantitative estimate of drug-likeness (QED) is 0.580. The number of thioether (sulfide) groups is 1. The lowest BCUT2D eigenvalue weighted by Gasteiger charge is -2.32. The molecule has 0 aromatic carbocycles. The van der Waals surface area contributed by atoms with Crippen LogP contribution in [0, 0.1) is 5.92 Å². The Morgan fingerprint density at radius 1 is 1.41 bits per heavy atom. The van der Waals surface area contributed by atoms with E-state index in [1.807, 2.05) is 6.26 Å². The first-order valence-corrected chi connectivity index (χ1v) is 9.13. The lowest BCUT2D eigenvalue weighted by molar-refractivity contribution is 0.0915. The summed E-state index contributed by atoms with van der Waals surface area (Å²) in [6.07, 6.45) is 3.33. The molecule has 1 atom stereocenters. The highest BCUT2D eigenvalue weighted by molar-refractivity contribution is 7.98. The first kappa shape index (κ1) is 19.2. The molecule has 0 aliphatic rings. The van der Waals surface area contributed by atoms with Crippen LogP contribution in [-0.2, 0) is 0 Å². The van der Waals surface area contributed by atoms with E-state index in [4.69, 9.17) is 11.6 Å². The molecule has 1 N–H and O–H groups in total. The maximum atomic E-state index is 12.3. The molecule has 0 fully saturated rings. The molecule has 1 aromatic rings. The van der Waals surface area contributed by atoms with E-state index in [0.29, 0.717) is 23.7 Å². The minimum atomic E-state index is -0.250. The van der Waals surface area contributed by atoms with Crippen molar-refractivity contribution in [3.63, 3.8) is 0 Å². The topological polar surface area (TPSA) is 58.1 Å². The van der Waals surface area contributed by atoms with E-state index in [2.05, 4.69) is 47.9 Å². The molecule has 1 unspecified atom stereocenters. The molecule has 0 radical (unpaired) electrons. The van der Waals surface area contributed by atoms with Gasteiger partial charge < -0.3 is 5.32 Å². The SMILES string of the molecule is CCN(CC)C(CNC(=O)c1nc(SC)ncc1Cl)C(C)C. The van der Waals surface area contributed by atoms with Crippen LogP contribution in [0.5, 0.6) is 0 Å². The fraction of sp³-hybridized carbons (Fsp3) is 0.667. The van der Waals surface area contributed by atoms with E-state index in [0.717, 1.165) is 13.1 Å². The van der Waals surface area contributed by atoms with Gasteiger partial charge in [0.25, 0.3) is 5.91 Å². The molecule has 124 valence electrons. The van der Waals surface area contributed by atoms with E-state index in [1.165, 1.54) is 18.0 Å². The van der Waals surface area contributed by atoms with Gasteiger partial charge in [0.2, 0.25) is 0 Å². The standard InChI is InChI=1S/C15H25ClN4OS/c1-6-20(7-2)12(10(3)4)9-17-14(21)13-11(16)8-18-15(19-13)22-5/h8,10,12H,6-7,9H2,1-5H3,(H,17,21). The van der Waals surface area contributed by atoms with Gasteiger partial charge in [0, 0.05) is 12.6 Å². The summed E-state index contributed by atoms with van der Waals surface area (Å²) in [7, 11) is 0. The molecule has 0 saturated carbocycles. The van der Waals surface area contributed by atoms with Gasteiger partial charge in [-0.15, -0.1) is 0 Å². The van der Waals surface area contributed by atoms with Crippen LogP contribution in [-0.4, -0.2) is 52.7 Å². The van der Waals surface area contributed by atoms with Crippen molar-refractivity contribution in [1.82, 2.24) is 20.2 Å². The first-order chi connectivity index (χ1) is 10.4. The third kappa shape index (κ3) is 5.11. The summed E-state index contributed by atoms with van der Waals surface area (Å²) in [6, 6.07) is 0.291. The van der Waals surface area contributed by atoms with Crippen LogP contribution in [0.3, 0.4) is 0 Å². The van der Waals surface area contributed by atoms with Crippen LogP contribution < -0.4 is 5.32 Å². The molecule has 1 heterocycles. The Morgan fingerprint density at radius 2 is 2.05 bits per heavy atom. The average molecular weight is 345 g/mol. The zero-order chi connectivity index (χ0) is 16.7. The summed E-state index contributed by atoms with van der Waals surface area (Å²) in [4.78, 5) is 22.9. The molecule has 5 nitrogen and oxygen atoms in total. The maximum Gasteiger partial charge on any atom is 0.271 e. The van der Waals surface area contributed by atoms with Crippen molar-refractivity contribution in [3.8, 4) is 0 Å². The zero-order valence-electron chi connectivity index (χ0n) is 13.9. The molecule has 22 heavy (non-hydrogen) atoms. The second kappa shape index (κ2) is 9.33. The third-order valence-corrected chi connectivity index (χ3v) is 4.48. The highest BCUT2D eigenvalue weighted by Crippen LogP contribution is 2.17. The van der Waals surface area contributed by atoms with Gasteiger partial charge in [0.15, 0.2) is 10.9 Å². The van der Waals surface area contributed by atoms with Gasteiger partial charge in [-0.3, -0.25) is 9.69 Å². The van der Waals surface area contributed by atoms with E-state index in [-0.39, 0.29) is 16.6 Å². The van der Waals surface area contributed by atoms with E-state index >= 15 is 0 Å². The van der Waals surface area contributed by atoms with Crippen LogP contribution in [0.1, 0.15) is 38.2 Å². The van der Waals surface area contributed by atoms with E-state index in [1.54, 1.807) is 0 Å². The fourth-order valence-corrected chi connectivity index (χ4v) is 2.89. The summed E-state index contributed by atoms with van der Waals surface area (Å²) < 4.78 is 0. The number of rotatable bonds is 8. The monoisotopic (exact) mass is 344 g/mol. The Balaban J connectivity index is 2.79. The van der Waals surface area contributed by atoms with Crippen LogP contribution in [0.25, 0.3) is 0 Å². The van der Waals surface area contributed by atoms with Gasteiger partial charge in [0.1, 0.15) is 0 Å². The highest BCUT2D eigenvalue weighted by Gasteiger charge is 2.21. The summed E-state index contributed by atoms with van der Waals surface area (Å²) >= 11 is 7.42. The predicted molar refractivity (Wildman–Crippen MR) is 92.7 cm³/mol. The Morgan fingerprint density at radius 3 is 2.55 bits per heavy atom. The molecule has 0 aliphatic heterocycles. The lowest BCUT2D eigenvalue weighted by atomic mass is 10.0. The van der Waals surface area contributed by atoms with Gasteiger partial charge in [0.05, 0.1) is 11.2 Å². The van der Waals surface area contributed by atoms with Crippen molar-refractivity contribution in [1.29, 1.82) is 0 Å². The van der Waals surface area contributed by atoms with Gasteiger partial charge in [-0.05, 0) is 25.3 Å². The summed E-state index contributed by atoms with van der Waals surface area (Å²) in [5, 5.41) is 3.77. The smallest absolute Gasteiger partial charge is 0.271 e. The molecule has 0 aliphatic carbocycles. The molecule has 1 amide bonds. The first-order valence-electron chi connectivity index (χ1n) is 7.53. The number of carbonyl (C=O) groups is 1. The minimum absolute atomic E-state index is 0.239. The Hall–Kier alpha value is -0.850. The number of carbonyl (C=O) groups excluding carboxylic acids is 1. The van der Waals surface area contributed by atoms with Gasteiger partial charge in [-0.2, -0.15) is 0 Å². The number of likely N-dealkylation sites (N-methyl/N-ethyl adjacent to an activating group) is 1. The van der Waals surface area contributed by atoms with Crippen molar-refractivity contribution in [2.24, 2.45) is 5.92 Å². The van der Waals surface area contributed by atoms with Gasteiger partial charge in [-0.25, -0.2) is 9.97 Å². The number of hydrogen-bond acceptors (Lipinski definition) is 5. The van der Waals surface area contributed by atoms with E-state index < -0.39 is 0 Å². The number of nitrogens with one attached hydrogen (secondary N) is 1.